The van der Waals surface area contributed by atoms with Crippen LogP contribution in [-0.4, -0.2) is 56.3 Å². The largest absolute Gasteiger partial charge is 0.493 e. The van der Waals surface area contributed by atoms with Crippen molar-refractivity contribution in [2.24, 2.45) is 5.92 Å². The van der Waals surface area contributed by atoms with Crippen LogP contribution in [0.2, 0.25) is 0 Å². The molecule has 7 heteroatoms. The van der Waals surface area contributed by atoms with E-state index in [4.69, 9.17) is 19.3 Å². The fraction of sp³-hybridized carbons (Fsp3) is 0.556. The number of benzene rings is 1. The van der Waals surface area contributed by atoms with Crippen molar-refractivity contribution in [3.8, 4) is 17.2 Å². The molecule has 138 valence electrons. The van der Waals surface area contributed by atoms with Gasteiger partial charge in [-0.15, -0.1) is 0 Å². The fourth-order valence-corrected chi connectivity index (χ4v) is 3.17. The first-order chi connectivity index (χ1) is 12.0. The summed E-state index contributed by atoms with van der Waals surface area (Å²) in [6.45, 7) is 0.906. The minimum absolute atomic E-state index is 0.0391. The summed E-state index contributed by atoms with van der Waals surface area (Å²) in [5, 5.41) is 9.14. The van der Waals surface area contributed by atoms with E-state index in [1.165, 1.54) is 7.11 Å². The summed E-state index contributed by atoms with van der Waals surface area (Å²) in [6.07, 6.45) is 2.12. The Labute approximate surface area is 147 Å². The number of piperidine rings is 1. The van der Waals surface area contributed by atoms with Crippen LogP contribution in [0, 0.1) is 5.92 Å². The smallest absolute Gasteiger partial charge is 0.308 e. The Bertz CT molecular complexity index is 630. The Morgan fingerprint density at radius 1 is 1.16 bits per heavy atom. The molecule has 1 fully saturated rings. The number of aryl methyl sites for hydroxylation is 1. The SMILES string of the molecule is COc1ccc(CCC(=O)N2CCC[C@H](C(=O)O)C2)c(OC)c1OC. The van der Waals surface area contributed by atoms with E-state index in [-0.39, 0.29) is 18.9 Å². The summed E-state index contributed by atoms with van der Waals surface area (Å²) >= 11 is 0. The van der Waals surface area contributed by atoms with Gasteiger partial charge in [0.15, 0.2) is 11.5 Å². The minimum atomic E-state index is -0.834. The van der Waals surface area contributed by atoms with Gasteiger partial charge < -0.3 is 24.2 Å². The molecule has 0 aliphatic carbocycles. The first kappa shape index (κ1) is 18.9. The molecule has 0 radical (unpaired) electrons. The van der Waals surface area contributed by atoms with Gasteiger partial charge in [-0.2, -0.15) is 0 Å². The first-order valence-electron chi connectivity index (χ1n) is 8.30. The number of likely N-dealkylation sites (tertiary alicyclic amines) is 1. The zero-order chi connectivity index (χ0) is 18.4. The number of ether oxygens (including phenoxy) is 3. The molecular formula is C18H25NO6. The fourth-order valence-electron chi connectivity index (χ4n) is 3.17. The number of aliphatic carboxylic acids is 1. The van der Waals surface area contributed by atoms with Crippen LogP contribution in [0.4, 0.5) is 0 Å². The molecule has 1 amide bonds. The maximum absolute atomic E-state index is 12.5. The number of methoxy groups -OCH3 is 3. The number of hydrogen-bond acceptors (Lipinski definition) is 5. The van der Waals surface area contributed by atoms with Crippen molar-refractivity contribution >= 4 is 11.9 Å². The number of carbonyl (C=O) groups excluding carboxylic acids is 1. The molecule has 1 N–H and O–H groups in total. The Balaban J connectivity index is 2.05. The van der Waals surface area contributed by atoms with Crippen LogP contribution >= 0.6 is 0 Å². The Morgan fingerprint density at radius 2 is 1.88 bits per heavy atom. The van der Waals surface area contributed by atoms with Gasteiger partial charge >= 0.3 is 5.97 Å². The summed E-state index contributed by atoms with van der Waals surface area (Å²) in [4.78, 5) is 25.2. The van der Waals surface area contributed by atoms with Crippen molar-refractivity contribution in [3.05, 3.63) is 17.7 Å². The molecule has 0 aromatic heterocycles. The van der Waals surface area contributed by atoms with E-state index in [0.29, 0.717) is 36.6 Å². The predicted octanol–water partition coefficient (Wildman–Crippen LogP) is 1.97. The van der Waals surface area contributed by atoms with Gasteiger partial charge in [-0.25, -0.2) is 0 Å². The lowest BCUT2D eigenvalue weighted by Crippen LogP contribution is -2.42. The second-order valence-corrected chi connectivity index (χ2v) is 6.01. The lowest BCUT2D eigenvalue weighted by Gasteiger charge is -2.30. The van der Waals surface area contributed by atoms with Crippen molar-refractivity contribution in [1.29, 1.82) is 0 Å². The summed E-state index contributed by atoms with van der Waals surface area (Å²) in [7, 11) is 4.63. The summed E-state index contributed by atoms with van der Waals surface area (Å²) in [5.41, 5.74) is 0.847. The number of carboxylic acid groups (broad SMARTS) is 1. The van der Waals surface area contributed by atoms with E-state index in [0.717, 1.165) is 12.0 Å². The third kappa shape index (κ3) is 4.35. The van der Waals surface area contributed by atoms with E-state index in [1.807, 2.05) is 6.07 Å². The number of carbonyl (C=O) groups is 2. The molecule has 1 aromatic carbocycles. The van der Waals surface area contributed by atoms with Crippen molar-refractivity contribution in [2.75, 3.05) is 34.4 Å². The van der Waals surface area contributed by atoms with Crippen molar-refractivity contribution < 1.29 is 28.9 Å². The Kier molecular flexibility index (Phi) is 6.50. The molecule has 1 aromatic rings. The van der Waals surface area contributed by atoms with Gasteiger partial charge in [-0.05, 0) is 30.9 Å². The monoisotopic (exact) mass is 351 g/mol. The maximum atomic E-state index is 12.5. The van der Waals surface area contributed by atoms with Crippen LogP contribution in [0.25, 0.3) is 0 Å². The normalized spacial score (nSPS) is 17.1. The number of amides is 1. The summed E-state index contributed by atoms with van der Waals surface area (Å²) in [5.74, 6) is 0.278. The van der Waals surface area contributed by atoms with Gasteiger partial charge in [0, 0.05) is 19.5 Å². The molecule has 1 heterocycles. The molecule has 0 bridgehead atoms. The van der Waals surface area contributed by atoms with E-state index >= 15 is 0 Å². The predicted molar refractivity (Wildman–Crippen MR) is 91.4 cm³/mol. The van der Waals surface area contributed by atoms with Crippen LogP contribution in [0.1, 0.15) is 24.8 Å². The van der Waals surface area contributed by atoms with Crippen molar-refractivity contribution in [1.82, 2.24) is 4.90 Å². The Morgan fingerprint density at radius 3 is 2.48 bits per heavy atom. The molecule has 2 rings (SSSR count). The van der Waals surface area contributed by atoms with Gasteiger partial charge in [0.25, 0.3) is 0 Å². The molecule has 0 spiro atoms. The Hall–Kier alpha value is -2.44. The molecule has 25 heavy (non-hydrogen) atoms. The highest BCUT2D eigenvalue weighted by molar-refractivity contribution is 5.78. The second-order valence-electron chi connectivity index (χ2n) is 6.01. The number of nitrogens with zero attached hydrogens (tertiary/aromatic N) is 1. The average molecular weight is 351 g/mol. The van der Waals surface area contributed by atoms with Crippen molar-refractivity contribution in [2.45, 2.75) is 25.7 Å². The van der Waals surface area contributed by atoms with Crippen molar-refractivity contribution in [3.63, 3.8) is 0 Å². The van der Waals surface area contributed by atoms with Crippen LogP contribution in [0.15, 0.2) is 12.1 Å². The van der Waals surface area contributed by atoms with Gasteiger partial charge in [0.2, 0.25) is 11.7 Å². The molecule has 7 nitrogen and oxygen atoms in total. The first-order valence-corrected chi connectivity index (χ1v) is 8.30. The minimum Gasteiger partial charge on any atom is -0.493 e. The lowest BCUT2D eigenvalue weighted by atomic mass is 9.97. The van der Waals surface area contributed by atoms with E-state index < -0.39 is 11.9 Å². The van der Waals surface area contributed by atoms with Crippen LogP contribution < -0.4 is 14.2 Å². The number of carboxylic acids is 1. The van der Waals surface area contributed by atoms with Crippen LogP contribution in [0.3, 0.4) is 0 Å². The zero-order valence-electron chi connectivity index (χ0n) is 14.9. The van der Waals surface area contributed by atoms with E-state index in [2.05, 4.69) is 0 Å². The number of rotatable bonds is 7. The van der Waals surface area contributed by atoms with Gasteiger partial charge in [0.1, 0.15) is 0 Å². The third-order valence-corrected chi connectivity index (χ3v) is 4.52. The molecular weight excluding hydrogens is 326 g/mol. The molecule has 1 saturated heterocycles. The van der Waals surface area contributed by atoms with Gasteiger partial charge in [-0.3, -0.25) is 9.59 Å². The molecule has 0 unspecified atom stereocenters. The van der Waals surface area contributed by atoms with E-state index in [9.17, 15) is 9.59 Å². The molecule has 1 aliphatic heterocycles. The summed E-state index contributed by atoms with van der Waals surface area (Å²) < 4.78 is 16.0. The maximum Gasteiger partial charge on any atom is 0.308 e. The number of hydrogen-bond donors (Lipinski definition) is 1. The topological polar surface area (TPSA) is 85.3 Å². The van der Waals surface area contributed by atoms with Crippen LogP contribution in [-0.2, 0) is 16.0 Å². The zero-order valence-corrected chi connectivity index (χ0v) is 14.9. The lowest BCUT2D eigenvalue weighted by molar-refractivity contribution is -0.145. The second kappa shape index (κ2) is 8.60. The third-order valence-electron chi connectivity index (χ3n) is 4.52. The van der Waals surface area contributed by atoms with Crippen LogP contribution in [0.5, 0.6) is 17.2 Å². The summed E-state index contributed by atoms with van der Waals surface area (Å²) in [6, 6.07) is 3.63. The highest BCUT2D eigenvalue weighted by Gasteiger charge is 2.28. The standard InChI is InChI=1S/C18H25NO6/c1-23-14-8-6-12(16(24-2)17(14)25-3)7-9-15(20)19-10-4-5-13(11-19)18(21)22/h6,8,13H,4-5,7,9-11H2,1-3H3,(H,21,22)/t13-/m0/s1. The van der Waals surface area contributed by atoms with Gasteiger partial charge in [0.05, 0.1) is 27.2 Å². The van der Waals surface area contributed by atoms with Gasteiger partial charge in [-0.1, -0.05) is 6.07 Å². The molecule has 1 aliphatic rings. The average Bonchev–Trinajstić information content (AvgIpc) is 2.64. The highest BCUT2D eigenvalue weighted by Crippen LogP contribution is 2.40. The molecule has 1 atom stereocenters. The van der Waals surface area contributed by atoms with E-state index in [1.54, 1.807) is 25.2 Å². The quantitative estimate of drug-likeness (QED) is 0.808. The highest BCUT2D eigenvalue weighted by atomic mass is 16.5. The molecule has 0 saturated carbocycles.